The Kier molecular flexibility index (Phi) is 4.23. The minimum Gasteiger partial charge on any atom is -0.463 e. The molecule has 86 valence electrons. The van der Waals surface area contributed by atoms with E-state index in [0.717, 1.165) is 6.42 Å². The highest BCUT2D eigenvalue weighted by molar-refractivity contribution is 6.40. The molecule has 0 heterocycles. The average Bonchev–Trinajstić information content (AvgIpc) is 2.36. The maximum Gasteiger partial charge on any atom is 0.379 e. The molecule has 1 unspecified atom stereocenters. The first-order valence-corrected chi connectivity index (χ1v) is 5.32. The summed E-state index contributed by atoms with van der Waals surface area (Å²) in [4.78, 5) is 22.5. The van der Waals surface area contributed by atoms with Gasteiger partial charge in [-0.25, -0.2) is 4.79 Å². The second-order valence-corrected chi connectivity index (χ2v) is 3.75. The van der Waals surface area contributed by atoms with Crippen LogP contribution in [-0.4, -0.2) is 18.9 Å². The Morgan fingerprint density at radius 2 is 1.81 bits per heavy atom. The molecule has 1 rings (SSSR count). The standard InChI is InChI=1S/C13H16O3/c1-4-9(2)10-5-7-11(8-6-10)12(14)13(15)16-3/h5-9H,4H2,1-3H3. The van der Waals surface area contributed by atoms with Crippen molar-refractivity contribution in [2.45, 2.75) is 26.2 Å². The zero-order chi connectivity index (χ0) is 12.1. The Bertz CT molecular complexity index is 379. The van der Waals surface area contributed by atoms with Crippen molar-refractivity contribution in [1.29, 1.82) is 0 Å². The highest BCUT2D eigenvalue weighted by Crippen LogP contribution is 2.18. The molecule has 0 bridgehead atoms. The van der Waals surface area contributed by atoms with Gasteiger partial charge in [-0.15, -0.1) is 0 Å². The van der Waals surface area contributed by atoms with Gasteiger partial charge in [0.05, 0.1) is 7.11 Å². The predicted molar refractivity (Wildman–Crippen MR) is 61.5 cm³/mol. The van der Waals surface area contributed by atoms with Gasteiger partial charge in [0.2, 0.25) is 0 Å². The molecule has 0 aromatic heterocycles. The molecule has 0 spiro atoms. The fraction of sp³-hybridized carbons (Fsp3) is 0.385. The minimum atomic E-state index is -0.823. The third kappa shape index (κ3) is 2.69. The van der Waals surface area contributed by atoms with Crippen LogP contribution in [0, 0.1) is 0 Å². The second kappa shape index (κ2) is 5.45. The van der Waals surface area contributed by atoms with Gasteiger partial charge < -0.3 is 4.74 Å². The number of Topliss-reactive ketones (excluding diaryl/α,β-unsaturated/α-hetero) is 1. The summed E-state index contributed by atoms with van der Waals surface area (Å²) in [5.41, 5.74) is 1.54. The molecule has 1 atom stereocenters. The highest BCUT2D eigenvalue weighted by Gasteiger charge is 2.16. The van der Waals surface area contributed by atoms with Crippen LogP contribution in [0.5, 0.6) is 0 Å². The molecule has 0 aliphatic rings. The number of benzene rings is 1. The van der Waals surface area contributed by atoms with Crippen LogP contribution in [0.3, 0.4) is 0 Å². The van der Waals surface area contributed by atoms with E-state index < -0.39 is 11.8 Å². The van der Waals surface area contributed by atoms with Gasteiger partial charge in [0, 0.05) is 5.56 Å². The summed E-state index contributed by atoms with van der Waals surface area (Å²) in [6, 6.07) is 7.09. The van der Waals surface area contributed by atoms with E-state index in [2.05, 4.69) is 18.6 Å². The van der Waals surface area contributed by atoms with E-state index in [9.17, 15) is 9.59 Å². The molecule has 1 aromatic rings. The summed E-state index contributed by atoms with van der Waals surface area (Å²) in [5, 5.41) is 0. The average molecular weight is 220 g/mol. The molecule has 0 amide bonds. The van der Waals surface area contributed by atoms with Gasteiger partial charge in [0.1, 0.15) is 0 Å². The van der Waals surface area contributed by atoms with Crippen molar-refractivity contribution in [2.75, 3.05) is 7.11 Å². The van der Waals surface area contributed by atoms with Crippen molar-refractivity contribution >= 4 is 11.8 Å². The molecular formula is C13H16O3. The lowest BCUT2D eigenvalue weighted by atomic mass is 9.97. The molecule has 0 fully saturated rings. The maximum absolute atomic E-state index is 11.5. The topological polar surface area (TPSA) is 43.4 Å². The van der Waals surface area contributed by atoms with Gasteiger partial charge in [-0.05, 0) is 17.9 Å². The lowest BCUT2D eigenvalue weighted by Gasteiger charge is -2.08. The molecule has 0 saturated heterocycles. The van der Waals surface area contributed by atoms with Gasteiger partial charge in [0.25, 0.3) is 5.78 Å². The van der Waals surface area contributed by atoms with E-state index in [-0.39, 0.29) is 0 Å². The van der Waals surface area contributed by atoms with Gasteiger partial charge in [0.15, 0.2) is 0 Å². The Morgan fingerprint density at radius 3 is 2.25 bits per heavy atom. The van der Waals surface area contributed by atoms with Crippen LogP contribution in [0.25, 0.3) is 0 Å². The summed E-state index contributed by atoms with van der Waals surface area (Å²) < 4.78 is 4.38. The highest BCUT2D eigenvalue weighted by atomic mass is 16.5. The predicted octanol–water partition coefficient (Wildman–Crippen LogP) is 2.56. The van der Waals surface area contributed by atoms with E-state index in [1.807, 2.05) is 12.1 Å². The van der Waals surface area contributed by atoms with Gasteiger partial charge in [-0.3, -0.25) is 4.79 Å². The number of ether oxygens (including phenoxy) is 1. The van der Waals surface area contributed by atoms with Crippen LogP contribution >= 0.6 is 0 Å². The van der Waals surface area contributed by atoms with Crippen molar-refractivity contribution in [2.24, 2.45) is 0 Å². The monoisotopic (exact) mass is 220 g/mol. The van der Waals surface area contributed by atoms with Crippen LogP contribution < -0.4 is 0 Å². The minimum absolute atomic E-state index is 0.374. The van der Waals surface area contributed by atoms with Crippen molar-refractivity contribution in [3.05, 3.63) is 35.4 Å². The summed E-state index contributed by atoms with van der Waals surface area (Å²) in [5.74, 6) is -0.961. The first-order valence-electron chi connectivity index (χ1n) is 5.32. The number of methoxy groups -OCH3 is 1. The Balaban J connectivity index is 2.87. The zero-order valence-corrected chi connectivity index (χ0v) is 9.82. The first kappa shape index (κ1) is 12.4. The molecule has 3 nitrogen and oxygen atoms in total. The molecule has 0 N–H and O–H groups in total. The normalized spacial score (nSPS) is 11.9. The summed E-state index contributed by atoms with van der Waals surface area (Å²) >= 11 is 0. The van der Waals surface area contributed by atoms with E-state index >= 15 is 0 Å². The Labute approximate surface area is 95.4 Å². The molecule has 16 heavy (non-hydrogen) atoms. The second-order valence-electron chi connectivity index (χ2n) is 3.75. The molecule has 0 radical (unpaired) electrons. The van der Waals surface area contributed by atoms with E-state index in [0.29, 0.717) is 11.5 Å². The zero-order valence-electron chi connectivity index (χ0n) is 9.82. The third-order valence-corrected chi connectivity index (χ3v) is 2.73. The van der Waals surface area contributed by atoms with Crippen LogP contribution in [0.2, 0.25) is 0 Å². The van der Waals surface area contributed by atoms with E-state index in [1.165, 1.54) is 12.7 Å². The van der Waals surface area contributed by atoms with Gasteiger partial charge >= 0.3 is 5.97 Å². The first-order chi connectivity index (χ1) is 7.60. The van der Waals surface area contributed by atoms with Crippen LogP contribution in [0.15, 0.2) is 24.3 Å². The summed E-state index contributed by atoms with van der Waals surface area (Å²) in [7, 11) is 1.20. The number of esters is 1. The van der Waals surface area contributed by atoms with Crippen molar-refractivity contribution in [3.8, 4) is 0 Å². The number of carbonyl (C=O) groups excluding carboxylic acids is 2. The number of rotatable bonds is 4. The molecule has 0 aliphatic heterocycles. The van der Waals surface area contributed by atoms with Crippen LogP contribution in [0.1, 0.15) is 42.1 Å². The van der Waals surface area contributed by atoms with Gasteiger partial charge in [-0.1, -0.05) is 38.1 Å². The number of hydrogen-bond donors (Lipinski definition) is 0. The third-order valence-electron chi connectivity index (χ3n) is 2.73. The molecule has 0 saturated carbocycles. The smallest absolute Gasteiger partial charge is 0.379 e. The van der Waals surface area contributed by atoms with Crippen LogP contribution in [0.4, 0.5) is 0 Å². The Hall–Kier alpha value is -1.64. The van der Waals surface area contributed by atoms with E-state index in [4.69, 9.17) is 0 Å². The number of carbonyl (C=O) groups is 2. The molecule has 0 aliphatic carbocycles. The largest absolute Gasteiger partial charge is 0.463 e. The fourth-order valence-electron chi connectivity index (χ4n) is 1.41. The number of ketones is 1. The maximum atomic E-state index is 11.5. The SMILES string of the molecule is CCC(C)c1ccc(C(=O)C(=O)OC)cc1. The fourth-order valence-corrected chi connectivity index (χ4v) is 1.41. The summed E-state index contributed by atoms with van der Waals surface area (Å²) in [6.07, 6.45) is 1.05. The molecule has 3 heteroatoms. The van der Waals surface area contributed by atoms with Crippen LogP contribution in [-0.2, 0) is 9.53 Å². The quantitative estimate of drug-likeness (QED) is 0.445. The van der Waals surface area contributed by atoms with Crippen molar-refractivity contribution in [1.82, 2.24) is 0 Å². The Morgan fingerprint density at radius 1 is 1.25 bits per heavy atom. The molecule has 1 aromatic carbocycles. The lowest BCUT2D eigenvalue weighted by Crippen LogP contribution is -2.15. The number of hydrogen-bond acceptors (Lipinski definition) is 3. The molecular weight excluding hydrogens is 204 g/mol. The van der Waals surface area contributed by atoms with Gasteiger partial charge in [-0.2, -0.15) is 0 Å². The van der Waals surface area contributed by atoms with E-state index in [1.54, 1.807) is 12.1 Å². The summed E-state index contributed by atoms with van der Waals surface area (Å²) in [6.45, 7) is 4.23. The lowest BCUT2D eigenvalue weighted by molar-refractivity contribution is -0.135. The van der Waals surface area contributed by atoms with Crippen molar-refractivity contribution < 1.29 is 14.3 Å². The van der Waals surface area contributed by atoms with Crippen molar-refractivity contribution in [3.63, 3.8) is 0 Å².